The monoisotopic (exact) mass is 380 g/mol. The summed E-state index contributed by atoms with van der Waals surface area (Å²) in [5.41, 5.74) is 2.48. The lowest BCUT2D eigenvalue weighted by Crippen LogP contribution is -2.08. The van der Waals surface area contributed by atoms with Crippen molar-refractivity contribution < 1.29 is 9.53 Å². The molecule has 0 saturated carbocycles. The second-order valence-corrected chi connectivity index (χ2v) is 5.69. The van der Waals surface area contributed by atoms with Gasteiger partial charge in [0.1, 0.15) is 5.75 Å². The molecule has 20 heavy (non-hydrogen) atoms. The van der Waals surface area contributed by atoms with Crippen molar-refractivity contribution in [1.82, 2.24) is 0 Å². The van der Waals surface area contributed by atoms with Gasteiger partial charge >= 0.3 is 0 Å². The molecule has 104 valence electrons. The van der Waals surface area contributed by atoms with E-state index in [2.05, 4.69) is 22.6 Å². The molecule has 2 rings (SSSR count). The van der Waals surface area contributed by atoms with Crippen LogP contribution in [0.15, 0.2) is 42.5 Å². The summed E-state index contributed by atoms with van der Waals surface area (Å²) < 4.78 is 6.68. The zero-order valence-corrected chi connectivity index (χ0v) is 13.8. The van der Waals surface area contributed by atoms with Gasteiger partial charge in [-0.25, -0.2) is 0 Å². The Bertz CT molecular complexity index is 620. The summed E-state index contributed by atoms with van der Waals surface area (Å²) >= 11 is 2.23. The molecule has 2 aromatic rings. The van der Waals surface area contributed by atoms with Crippen LogP contribution in [0.25, 0.3) is 0 Å². The first-order chi connectivity index (χ1) is 9.65. The Hall–Kier alpha value is -1.36. The quantitative estimate of drug-likeness (QED) is 0.559. The first-order valence-corrected chi connectivity index (χ1v) is 7.74. The minimum atomic E-state index is 0.0183. The zero-order chi connectivity index (χ0) is 14.5. The van der Waals surface area contributed by atoms with E-state index in [-0.39, 0.29) is 5.78 Å². The molecule has 0 spiro atoms. The molecular weight excluding hydrogens is 363 g/mol. The topological polar surface area (TPSA) is 26.3 Å². The van der Waals surface area contributed by atoms with Crippen molar-refractivity contribution >= 4 is 28.4 Å². The molecule has 0 atom stereocenters. The van der Waals surface area contributed by atoms with Crippen LogP contribution >= 0.6 is 22.6 Å². The molecule has 0 saturated heterocycles. The second kappa shape index (κ2) is 6.88. The summed E-state index contributed by atoms with van der Waals surface area (Å²) in [6, 6.07) is 13.2. The van der Waals surface area contributed by atoms with Gasteiger partial charge in [-0.1, -0.05) is 31.2 Å². The SMILES string of the molecule is CCCOc1ccccc1C(=O)c1cccc(C)c1I. The third-order valence-electron chi connectivity index (χ3n) is 3.03. The summed E-state index contributed by atoms with van der Waals surface area (Å²) in [5, 5.41) is 0. The number of para-hydroxylation sites is 1. The molecule has 0 radical (unpaired) electrons. The molecule has 0 aliphatic heterocycles. The maximum atomic E-state index is 12.7. The minimum Gasteiger partial charge on any atom is -0.493 e. The van der Waals surface area contributed by atoms with Crippen LogP contribution in [-0.4, -0.2) is 12.4 Å². The predicted molar refractivity (Wildman–Crippen MR) is 89.6 cm³/mol. The number of hydrogen-bond donors (Lipinski definition) is 0. The molecule has 0 fully saturated rings. The maximum Gasteiger partial charge on any atom is 0.197 e. The molecule has 0 amide bonds. The number of ketones is 1. The smallest absolute Gasteiger partial charge is 0.197 e. The van der Waals surface area contributed by atoms with Gasteiger partial charge < -0.3 is 4.74 Å². The second-order valence-electron chi connectivity index (χ2n) is 4.61. The Morgan fingerprint density at radius 3 is 2.55 bits per heavy atom. The first-order valence-electron chi connectivity index (χ1n) is 6.66. The molecule has 0 N–H and O–H groups in total. The van der Waals surface area contributed by atoms with Crippen LogP contribution in [-0.2, 0) is 0 Å². The molecule has 3 heteroatoms. The Morgan fingerprint density at radius 2 is 1.80 bits per heavy atom. The van der Waals surface area contributed by atoms with Gasteiger partial charge in [0.2, 0.25) is 0 Å². The number of aryl methyl sites for hydroxylation is 1. The molecule has 0 bridgehead atoms. The van der Waals surface area contributed by atoms with Crippen molar-refractivity contribution in [1.29, 1.82) is 0 Å². The highest BCUT2D eigenvalue weighted by atomic mass is 127. The molecule has 0 aliphatic carbocycles. The van der Waals surface area contributed by atoms with Crippen LogP contribution in [0.3, 0.4) is 0 Å². The zero-order valence-electron chi connectivity index (χ0n) is 11.7. The van der Waals surface area contributed by atoms with Gasteiger partial charge in [0, 0.05) is 9.13 Å². The van der Waals surface area contributed by atoms with Crippen LogP contribution in [0.1, 0.15) is 34.8 Å². The molecular formula is C17H17IO2. The van der Waals surface area contributed by atoms with Crippen molar-refractivity contribution in [2.24, 2.45) is 0 Å². The lowest BCUT2D eigenvalue weighted by atomic mass is 10.0. The number of rotatable bonds is 5. The molecule has 0 unspecified atom stereocenters. The molecule has 0 aliphatic rings. The average Bonchev–Trinajstić information content (AvgIpc) is 2.47. The molecule has 0 aromatic heterocycles. The van der Waals surface area contributed by atoms with Crippen LogP contribution in [0.4, 0.5) is 0 Å². The largest absolute Gasteiger partial charge is 0.493 e. The highest BCUT2D eigenvalue weighted by Crippen LogP contribution is 2.25. The third kappa shape index (κ3) is 3.20. The first kappa shape index (κ1) is 15.0. The maximum absolute atomic E-state index is 12.7. The summed E-state index contributed by atoms with van der Waals surface area (Å²) in [6.45, 7) is 4.68. The Morgan fingerprint density at radius 1 is 1.10 bits per heavy atom. The van der Waals surface area contributed by atoms with Gasteiger partial charge in [-0.15, -0.1) is 0 Å². The van der Waals surface area contributed by atoms with E-state index < -0.39 is 0 Å². The van der Waals surface area contributed by atoms with Gasteiger partial charge in [-0.3, -0.25) is 4.79 Å². The summed E-state index contributed by atoms with van der Waals surface area (Å²) in [7, 11) is 0. The lowest BCUT2D eigenvalue weighted by molar-refractivity contribution is 0.103. The number of hydrogen-bond acceptors (Lipinski definition) is 2. The number of benzene rings is 2. The van der Waals surface area contributed by atoms with E-state index in [9.17, 15) is 4.79 Å². The average molecular weight is 380 g/mol. The molecule has 2 nitrogen and oxygen atoms in total. The fourth-order valence-electron chi connectivity index (χ4n) is 1.96. The van der Waals surface area contributed by atoms with E-state index in [0.717, 1.165) is 21.1 Å². The van der Waals surface area contributed by atoms with E-state index in [1.54, 1.807) is 0 Å². The van der Waals surface area contributed by atoms with Gasteiger partial charge in [0.05, 0.1) is 12.2 Å². The van der Waals surface area contributed by atoms with Crippen molar-refractivity contribution in [3.8, 4) is 5.75 Å². The van der Waals surface area contributed by atoms with Gasteiger partial charge in [0.25, 0.3) is 0 Å². The van der Waals surface area contributed by atoms with E-state index >= 15 is 0 Å². The van der Waals surface area contributed by atoms with E-state index in [1.807, 2.05) is 56.3 Å². The molecule has 2 aromatic carbocycles. The highest BCUT2D eigenvalue weighted by molar-refractivity contribution is 14.1. The Labute approximate surface area is 133 Å². The van der Waals surface area contributed by atoms with Crippen molar-refractivity contribution in [2.45, 2.75) is 20.3 Å². The Kier molecular flexibility index (Phi) is 5.17. The normalized spacial score (nSPS) is 10.3. The summed E-state index contributed by atoms with van der Waals surface area (Å²) in [6.07, 6.45) is 0.921. The van der Waals surface area contributed by atoms with E-state index in [1.165, 1.54) is 0 Å². The van der Waals surface area contributed by atoms with E-state index in [0.29, 0.717) is 17.9 Å². The fraction of sp³-hybridized carbons (Fsp3) is 0.235. The fourth-order valence-corrected chi connectivity index (χ4v) is 2.56. The van der Waals surface area contributed by atoms with E-state index in [4.69, 9.17) is 4.74 Å². The van der Waals surface area contributed by atoms with Crippen LogP contribution < -0.4 is 4.74 Å². The van der Waals surface area contributed by atoms with Crippen molar-refractivity contribution in [2.75, 3.05) is 6.61 Å². The lowest BCUT2D eigenvalue weighted by Gasteiger charge is -2.11. The number of carbonyl (C=O) groups excluding carboxylic acids is 1. The minimum absolute atomic E-state index is 0.0183. The van der Waals surface area contributed by atoms with Crippen molar-refractivity contribution in [3.05, 3.63) is 62.7 Å². The highest BCUT2D eigenvalue weighted by Gasteiger charge is 2.17. The third-order valence-corrected chi connectivity index (χ3v) is 4.46. The standard InChI is InChI=1S/C17H17IO2/c1-3-11-20-15-10-5-4-8-13(15)17(19)14-9-6-7-12(2)16(14)18/h4-10H,3,11H2,1-2H3. The van der Waals surface area contributed by atoms with Gasteiger partial charge in [0.15, 0.2) is 5.78 Å². The molecule has 0 heterocycles. The van der Waals surface area contributed by atoms with Gasteiger partial charge in [-0.2, -0.15) is 0 Å². The Balaban J connectivity index is 2.40. The summed E-state index contributed by atoms with van der Waals surface area (Å²) in [4.78, 5) is 12.7. The summed E-state index contributed by atoms with van der Waals surface area (Å²) in [5.74, 6) is 0.682. The predicted octanol–water partition coefficient (Wildman–Crippen LogP) is 4.62. The number of carbonyl (C=O) groups is 1. The van der Waals surface area contributed by atoms with Crippen LogP contribution in [0.5, 0.6) is 5.75 Å². The van der Waals surface area contributed by atoms with Gasteiger partial charge in [-0.05, 0) is 59.7 Å². The van der Waals surface area contributed by atoms with Crippen LogP contribution in [0.2, 0.25) is 0 Å². The van der Waals surface area contributed by atoms with Crippen LogP contribution in [0, 0.1) is 10.5 Å². The number of halogens is 1. The van der Waals surface area contributed by atoms with Crippen molar-refractivity contribution in [3.63, 3.8) is 0 Å². The number of ether oxygens (including phenoxy) is 1.